The van der Waals surface area contributed by atoms with Crippen LogP contribution in [-0.2, 0) is 11.3 Å². The van der Waals surface area contributed by atoms with Crippen LogP contribution in [-0.4, -0.2) is 42.6 Å². The molecule has 0 aliphatic carbocycles. The number of nitrogens with zero attached hydrogens (tertiary/aromatic N) is 5. The fourth-order valence-corrected chi connectivity index (χ4v) is 5.00. The fraction of sp³-hybridized carbons (Fsp3) is 0.455. The number of benzene rings is 1. The molecule has 1 amide bonds. The lowest BCUT2D eigenvalue weighted by Crippen LogP contribution is -2.45. The van der Waals surface area contributed by atoms with Crippen molar-refractivity contribution in [2.45, 2.75) is 69.0 Å². The molecule has 1 aliphatic rings. The Morgan fingerprint density at radius 2 is 2.10 bits per heavy atom. The third kappa shape index (κ3) is 4.01. The summed E-state index contributed by atoms with van der Waals surface area (Å²) < 4.78 is 2.74. The molecule has 3 aromatic rings. The van der Waals surface area contributed by atoms with E-state index >= 15 is 0 Å². The van der Waals surface area contributed by atoms with Gasteiger partial charge in [-0.2, -0.15) is 0 Å². The number of aryl methyl sites for hydroxylation is 2. The van der Waals surface area contributed by atoms with Gasteiger partial charge in [-0.25, -0.2) is 18.9 Å². The Hall–Kier alpha value is -2.61. The van der Waals surface area contributed by atoms with Gasteiger partial charge in [-0.15, -0.1) is 5.10 Å². The number of likely N-dealkylation sites (tertiary alicyclic amines) is 1. The summed E-state index contributed by atoms with van der Waals surface area (Å²) in [5.74, 6) is -0.0383. The molecule has 8 heteroatoms. The summed E-state index contributed by atoms with van der Waals surface area (Å²) in [5.41, 5.74) is 2.51. The minimum Gasteiger partial charge on any atom is -0.338 e. The number of carbonyl (C=O) groups is 1. The van der Waals surface area contributed by atoms with Gasteiger partial charge in [0.05, 0.1) is 0 Å². The summed E-state index contributed by atoms with van der Waals surface area (Å²) >= 11 is 1.48. The zero-order valence-corrected chi connectivity index (χ0v) is 18.5. The van der Waals surface area contributed by atoms with Gasteiger partial charge in [-0.3, -0.25) is 4.79 Å². The van der Waals surface area contributed by atoms with Gasteiger partial charge in [0.25, 0.3) is 0 Å². The van der Waals surface area contributed by atoms with E-state index in [1.165, 1.54) is 26.4 Å². The number of fused-ring (bicyclic) bond motifs is 1. The summed E-state index contributed by atoms with van der Waals surface area (Å²) in [5, 5.41) is 5.13. The van der Waals surface area contributed by atoms with Crippen molar-refractivity contribution >= 4 is 23.3 Å². The van der Waals surface area contributed by atoms with Crippen LogP contribution >= 0.6 is 11.8 Å². The van der Waals surface area contributed by atoms with Crippen LogP contribution in [0, 0.1) is 13.8 Å². The van der Waals surface area contributed by atoms with Gasteiger partial charge in [-0.05, 0) is 51.2 Å². The standard InChI is InChI=1S/C22H27N5O2S/c1-4-17-7-5-6-11-25(17)19(28)14-27-22(29)26-12-10-23-21(20(26)24-27)30-18-9-8-15(2)13-16(18)3/h8-10,12-13,17H,4-7,11,14H2,1-3H3. The van der Waals surface area contributed by atoms with Crippen LogP contribution in [0.15, 0.2) is 45.3 Å². The maximum Gasteiger partial charge on any atom is 0.350 e. The first-order valence-corrected chi connectivity index (χ1v) is 11.3. The molecule has 1 atom stereocenters. The summed E-state index contributed by atoms with van der Waals surface area (Å²) in [7, 11) is 0. The van der Waals surface area contributed by atoms with Crippen molar-refractivity contribution in [3.63, 3.8) is 0 Å². The van der Waals surface area contributed by atoms with E-state index in [4.69, 9.17) is 0 Å². The molecule has 1 unspecified atom stereocenters. The maximum atomic E-state index is 12.9. The zero-order valence-electron chi connectivity index (χ0n) is 17.7. The van der Waals surface area contributed by atoms with Crippen molar-refractivity contribution in [2.75, 3.05) is 6.54 Å². The van der Waals surface area contributed by atoms with E-state index in [0.29, 0.717) is 10.7 Å². The quantitative estimate of drug-likeness (QED) is 0.626. The average molecular weight is 426 g/mol. The summed E-state index contributed by atoms with van der Waals surface area (Å²) in [6.07, 6.45) is 7.35. The summed E-state index contributed by atoms with van der Waals surface area (Å²) in [4.78, 5) is 33.2. The molecule has 158 valence electrons. The van der Waals surface area contributed by atoms with Gasteiger partial charge in [0.15, 0.2) is 5.65 Å². The Balaban J connectivity index is 1.63. The molecule has 7 nitrogen and oxygen atoms in total. The predicted molar refractivity (Wildman–Crippen MR) is 117 cm³/mol. The van der Waals surface area contributed by atoms with E-state index in [-0.39, 0.29) is 24.2 Å². The highest BCUT2D eigenvalue weighted by molar-refractivity contribution is 7.99. The third-order valence-electron chi connectivity index (χ3n) is 5.71. The van der Waals surface area contributed by atoms with E-state index in [1.807, 2.05) is 4.90 Å². The molecule has 0 saturated carbocycles. The fourth-order valence-electron chi connectivity index (χ4n) is 4.09. The molecule has 1 aliphatic heterocycles. The Kier molecular flexibility index (Phi) is 5.94. The molecule has 2 aromatic heterocycles. The van der Waals surface area contributed by atoms with Gasteiger partial charge < -0.3 is 4.90 Å². The third-order valence-corrected chi connectivity index (χ3v) is 6.87. The van der Waals surface area contributed by atoms with Gasteiger partial charge in [0, 0.05) is 29.9 Å². The first-order valence-electron chi connectivity index (χ1n) is 10.5. The smallest absolute Gasteiger partial charge is 0.338 e. The van der Waals surface area contributed by atoms with Crippen molar-refractivity contribution in [1.29, 1.82) is 0 Å². The average Bonchev–Trinajstić information content (AvgIpc) is 3.06. The number of rotatable bonds is 5. The second kappa shape index (κ2) is 8.63. The van der Waals surface area contributed by atoms with Crippen LogP contribution in [0.1, 0.15) is 43.7 Å². The summed E-state index contributed by atoms with van der Waals surface area (Å²) in [6, 6.07) is 6.49. The van der Waals surface area contributed by atoms with Crippen molar-refractivity contribution in [2.24, 2.45) is 0 Å². The number of amides is 1. The number of aromatic nitrogens is 4. The largest absolute Gasteiger partial charge is 0.350 e. The molecule has 30 heavy (non-hydrogen) atoms. The van der Waals surface area contributed by atoms with Crippen LogP contribution in [0.3, 0.4) is 0 Å². The molecule has 1 saturated heterocycles. The van der Waals surface area contributed by atoms with Crippen LogP contribution in [0.5, 0.6) is 0 Å². The Morgan fingerprint density at radius 3 is 2.87 bits per heavy atom. The van der Waals surface area contributed by atoms with Gasteiger partial charge in [0.1, 0.15) is 11.6 Å². The molecular formula is C22H27N5O2S. The summed E-state index contributed by atoms with van der Waals surface area (Å²) in [6.45, 7) is 6.95. The van der Waals surface area contributed by atoms with Gasteiger partial charge >= 0.3 is 5.69 Å². The Bertz CT molecular complexity index is 1140. The lowest BCUT2D eigenvalue weighted by Gasteiger charge is -2.35. The molecule has 0 radical (unpaired) electrons. The first-order chi connectivity index (χ1) is 14.5. The normalized spacial score (nSPS) is 16.9. The van der Waals surface area contributed by atoms with Crippen molar-refractivity contribution in [3.8, 4) is 0 Å². The second-order valence-corrected chi connectivity index (χ2v) is 8.91. The number of carbonyl (C=O) groups excluding carboxylic acids is 1. The van der Waals surface area contributed by atoms with E-state index < -0.39 is 0 Å². The van der Waals surface area contributed by atoms with Gasteiger partial charge in [0.2, 0.25) is 5.91 Å². The Morgan fingerprint density at radius 1 is 1.27 bits per heavy atom. The second-order valence-electron chi connectivity index (χ2n) is 7.88. The molecular weight excluding hydrogens is 398 g/mol. The highest BCUT2D eigenvalue weighted by atomic mass is 32.2. The maximum absolute atomic E-state index is 12.9. The number of hydrogen-bond acceptors (Lipinski definition) is 5. The van der Waals surface area contributed by atoms with Crippen molar-refractivity contribution < 1.29 is 4.79 Å². The van der Waals surface area contributed by atoms with E-state index in [9.17, 15) is 9.59 Å². The molecule has 0 spiro atoms. The minimum atomic E-state index is -0.312. The molecule has 3 heterocycles. The van der Waals surface area contributed by atoms with Crippen LogP contribution in [0.25, 0.3) is 5.65 Å². The lowest BCUT2D eigenvalue weighted by molar-refractivity contribution is -0.135. The monoisotopic (exact) mass is 425 g/mol. The molecule has 0 bridgehead atoms. The van der Waals surface area contributed by atoms with Crippen molar-refractivity contribution in [3.05, 3.63) is 52.2 Å². The predicted octanol–water partition coefficient (Wildman–Crippen LogP) is 3.45. The van der Waals surface area contributed by atoms with Gasteiger partial charge in [-0.1, -0.05) is 36.4 Å². The number of hydrogen-bond donors (Lipinski definition) is 0. The van der Waals surface area contributed by atoms with E-state index in [0.717, 1.165) is 42.7 Å². The molecule has 4 rings (SSSR count). The SMILES string of the molecule is CCC1CCCCN1C(=O)Cn1nc2c(Sc3ccc(C)cc3C)nccn2c1=O. The minimum absolute atomic E-state index is 0.0370. The van der Waals surface area contributed by atoms with Crippen LogP contribution < -0.4 is 5.69 Å². The topological polar surface area (TPSA) is 72.5 Å². The molecule has 0 N–H and O–H groups in total. The van der Waals surface area contributed by atoms with E-state index in [2.05, 4.69) is 49.1 Å². The van der Waals surface area contributed by atoms with Crippen molar-refractivity contribution in [1.82, 2.24) is 24.1 Å². The highest BCUT2D eigenvalue weighted by Gasteiger charge is 2.26. The highest BCUT2D eigenvalue weighted by Crippen LogP contribution is 2.31. The van der Waals surface area contributed by atoms with Crippen LogP contribution in [0.4, 0.5) is 0 Å². The Labute approximate surface area is 180 Å². The van der Waals surface area contributed by atoms with Crippen LogP contribution in [0.2, 0.25) is 0 Å². The zero-order chi connectivity index (χ0) is 21.3. The van der Waals surface area contributed by atoms with E-state index in [1.54, 1.807) is 12.4 Å². The first kappa shape index (κ1) is 20.7. The number of piperidine rings is 1. The lowest BCUT2D eigenvalue weighted by atomic mass is 10.00. The molecule has 1 aromatic carbocycles. The molecule has 1 fully saturated rings.